The summed E-state index contributed by atoms with van der Waals surface area (Å²) >= 11 is 0. The van der Waals surface area contributed by atoms with Gasteiger partial charge in [0.2, 0.25) is 12.2 Å². The average molecular weight is 347 g/mol. The van der Waals surface area contributed by atoms with Crippen LogP contribution in [-0.4, -0.2) is 12.2 Å². The second-order valence-electron chi connectivity index (χ2n) is 2.51. The molecule has 0 spiro atoms. The topological polar surface area (TPSA) is 81.8 Å². The maximum atomic E-state index is 8.35. The SMILES string of the molecule is C.C.Cl.Cl.N=C=O.N=C=O.c1ccccc1.c1ccccc1. The highest BCUT2D eigenvalue weighted by molar-refractivity contribution is 5.85. The molecule has 2 aromatic carbocycles. The van der Waals surface area contributed by atoms with Crippen molar-refractivity contribution in [2.45, 2.75) is 14.9 Å². The Kier molecular flexibility index (Phi) is 71.4. The van der Waals surface area contributed by atoms with Gasteiger partial charge in [-0.25, -0.2) is 20.4 Å². The van der Waals surface area contributed by atoms with E-state index >= 15 is 0 Å². The second-order valence-corrected chi connectivity index (χ2v) is 2.51. The number of rotatable bonds is 0. The average Bonchev–Trinajstić information content (AvgIpc) is 2.45. The molecule has 0 heterocycles. The summed E-state index contributed by atoms with van der Waals surface area (Å²) in [6.45, 7) is 0. The quantitative estimate of drug-likeness (QED) is 0.501. The van der Waals surface area contributed by atoms with Crippen molar-refractivity contribution < 1.29 is 9.59 Å². The Morgan fingerprint density at radius 3 is 0.545 bits per heavy atom. The van der Waals surface area contributed by atoms with Crippen molar-refractivity contribution in [1.29, 1.82) is 10.8 Å². The summed E-state index contributed by atoms with van der Waals surface area (Å²) in [4.78, 5) is 16.7. The number of halogens is 2. The lowest BCUT2D eigenvalue weighted by atomic mass is 10.4. The predicted octanol–water partition coefficient (Wildman–Crippen LogP) is 5.29. The van der Waals surface area contributed by atoms with E-state index in [0.29, 0.717) is 0 Å². The summed E-state index contributed by atoms with van der Waals surface area (Å²) in [5.74, 6) is 0. The highest BCUT2D eigenvalue weighted by Gasteiger charge is 1.58. The molecule has 0 bridgehead atoms. The minimum Gasteiger partial charge on any atom is -0.222 e. The van der Waals surface area contributed by atoms with E-state index in [1.54, 1.807) is 0 Å². The Hall–Kier alpha value is -2.22. The van der Waals surface area contributed by atoms with Gasteiger partial charge in [0.25, 0.3) is 0 Å². The van der Waals surface area contributed by atoms with Crippen molar-refractivity contribution in [1.82, 2.24) is 0 Å². The molecule has 0 aromatic heterocycles. The molecule has 22 heavy (non-hydrogen) atoms. The molecule has 124 valence electrons. The van der Waals surface area contributed by atoms with Gasteiger partial charge in [0.15, 0.2) is 0 Å². The molecule has 0 atom stereocenters. The molecule has 0 aliphatic carbocycles. The van der Waals surface area contributed by atoms with Crippen molar-refractivity contribution in [2.75, 3.05) is 0 Å². The van der Waals surface area contributed by atoms with Crippen LogP contribution < -0.4 is 0 Å². The molecule has 0 fully saturated rings. The molecule has 0 amide bonds. The first kappa shape index (κ1) is 36.7. The lowest BCUT2D eigenvalue weighted by Gasteiger charge is -1.69. The third kappa shape index (κ3) is 52.3. The first-order valence-corrected chi connectivity index (χ1v) is 4.91. The minimum absolute atomic E-state index is 0. The molecule has 0 saturated carbocycles. The van der Waals surface area contributed by atoms with Crippen LogP contribution in [0.25, 0.3) is 0 Å². The molecule has 0 unspecified atom stereocenters. The van der Waals surface area contributed by atoms with Crippen LogP contribution in [0.5, 0.6) is 0 Å². The molecule has 0 saturated heterocycles. The van der Waals surface area contributed by atoms with Gasteiger partial charge in [0.05, 0.1) is 0 Å². The van der Waals surface area contributed by atoms with E-state index in [2.05, 4.69) is 0 Å². The second kappa shape index (κ2) is 42.8. The van der Waals surface area contributed by atoms with Gasteiger partial charge in [0.1, 0.15) is 0 Å². The number of benzene rings is 2. The van der Waals surface area contributed by atoms with Crippen molar-refractivity contribution in [3.8, 4) is 0 Å². The summed E-state index contributed by atoms with van der Waals surface area (Å²) in [6, 6.07) is 24.0. The normalized spacial score (nSPS) is 5.09. The van der Waals surface area contributed by atoms with E-state index in [1.165, 1.54) is 0 Å². The van der Waals surface area contributed by atoms with Crippen LogP contribution in [0, 0.1) is 10.8 Å². The molecule has 0 aliphatic rings. The maximum absolute atomic E-state index is 8.35. The molecule has 4 nitrogen and oxygen atoms in total. The summed E-state index contributed by atoms with van der Waals surface area (Å²) in [5, 5.41) is 10.8. The predicted molar refractivity (Wildman–Crippen MR) is 97.7 cm³/mol. The molecule has 6 heteroatoms. The van der Waals surface area contributed by atoms with Crippen LogP contribution in [-0.2, 0) is 9.59 Å². The van der Waals surface area contributed by atoms with Crippen LogP contribution in [0.4, 0.5) is 0 Å². The van der Waals surface area contributed by atoms with Gasteiger partial charge in [-0.1, -0.05) is 87.6 Å². The fourth-order valence-electron chi connectivity index (χ4n) is 0.770. The van der Waals surface area contributed by atoms with E-state index < -0.39 is 0 Å². The van der Waals surface area contributed by atoms with Crippen LogP contribution in [0.1, 0.15) is 14.9 Å². The molecule has 2 aromatic rings. The van der Waals surface area contributed by atoms with E-state index in [0.717, 1.165) is 12.2 Å². The zero-order valence-electron chi connectivity index (χ0n) is 10.6. The number of hydrogen-bond acceptors (Lipinski definition) is 4. The minimum atomic E-state index is 0. The van der Waals surface area contributed by atoms with E-state index in [4.69, 9.17) is 20.4 Å². The van der Waals surface area contributed by atoms with E-state index in [1.807, 2.05) is 72.8 Å². The standard InChI is InChI=1S/2C6H6.2CHNO.2CH4.2ClH/c2*1-2-4-6-5-3-1;2*2-1-3;;;;/h2*1-6H;2*2H;2*1H4;2*1H. The Morgan fingerprint density at radius 1 is 0.455 bits per heavy atom. The van der Waals surface area contributed by atoms with Gasteiger partial charge in [-0.3, -0.25) is 0 Å². The maximum Gasteiger partial charge on any atom is 0.231 e. The number of hydrogen-bond donors (Lipinski definition) is 2. The van der Waals surface area contributed by atoms with Gasteiger partial charge >= 0.3 is 0 Å². The summed E-state index contributed by atoms with van der Waals surface area (Å²) in [7, 11) is 0. The molecular weight excluding hydrogens is 323 g/mol. The molecule has 0 radical (unpaired) electrons. The Labute approximate surface area is 145 Å². The van der Waals surface area contributed by atoms with Crippen molar-refractivity contribution in [3.63, 3.8) is 0 Å². The van der Waals surface area contributed by atoms with Gasteiger partial charge in [-0.15, -0.1) is 24.8 Å². The lowest BCUT2D eigenvalue weighted by molar-refractivity contribution is 0.562. The Bertz CT molecular complexity index is 331. The number of carbonyl (C=O) groups excluding carboxylic acids is 2. The Morgan fingerprint density at radius 2 is 0.500 bits per heavy atom. The first-order chi connectivity index (χ1) is 8.83. The summed E-state index contributed by atoms with van der Waals surface area (Å²) < 4.78 is 0. The zero-order valence-corrected chi connectivity index (χ0v) is 12.2. The fourth-order valence-corrected chi connectivity index (χ4v) is 0.770. The van der Waals surface area contributed by atoms with Crippen molar-refractivity contribution in [3.05, 3.63) is 72.8 Å². The van der Waals surface area contributed by atoms with Gasteiger partial charge in [0, 0.05) is 0 Å². The van der Waals surface area contributed by atoms with Crippen LogP contribution in [0.15, 0.2) is 72.8 Å². The van der Waals surface area contributed by atoms with Gasteiger partial charge < -0.3 is 0 Å². The Balaban J connectivity index is -0.0000000384. The van der Waals surface area contributed by atoms with E-state index in [-0.39, 0.29) is 39.7 Å². The van der Waals surface area contributed by atoms with E-state index in [9.17, 15) is 0 Å². The molecule has 2 N–H and O–H groups in total. The molecule has 2 rings (SSSR count). The van der Waals surface area contributed by atoms with Gasteiger partial charge in [-0.05, 0) is 0 Å². The largest absolute Gasteiger partial charge is 0.231 e. The highest BCUT2D eigenvalue weighted by atomic mass is 35.5. The van der Waals surface area contributed by atoms with Crippen LogP contribution in [0.3, 0.4) is 0 Å². The van der Waals surface area contributed by atoms with Crippen molar-refractivity contribution in [2.24, 2.45) is 0 Å². The van der Waals surface area contributed by atoms with Crippen molar-refractivity contribution >= 4 is 37.0 Å². The zero-order chi connectivity index (χ0) is 13.9. The lowest BCUT2D eigenvalue weighted by Crippen LogP contribution is -1.47. The first-order valence-electron chi connectivity index (χ1n) is 4.91. The monoisotopic (exact) mass is 346 g/mol. The summed E-state index contributed by atoms with van der Waals surface area (Å²) in [6.07, 6.45) is 1.50. The molecular formula is C16H24Cl2N2O2. The van der Waals surface area contributed by atoms with Gasteiger partial charge in [-0.2, -0.15) is 0 Å². The summed E-state index contributed by atoms with van der Waals surface area (Å²) in [5.41, 5.74) is 0. The van der Waals surface area contributed by atoms with Crippen LogP contribution >= 0.6 is 24.8 Å². The smallest absolute Gasteiger partial charge is 0.222 e. The van der Waals surface area contributed by atoms with Crippen LogP contribution in [0.2, 0.25) is 0 Å². The number of isocyanates is 2. The number of nitrogens with one attached hydrogen (secondary N) is 2. The third-order valence-corrected chi connectivity index (χ3v) is 1.33. The fraction of sp³-hybridized carbons (Fsp3) is 0.125. The highest BCUT2D eigenvalue weighted by Crippen LogP contribution is 1.80. The molecule has 0 aliphatic heterocycles. The third-order valence-electron chi connectivity index (χ3n) is 1.33.